The summed E-state index contributed by atoms with van der Waals surface area (Å²) >= 11 is 6.06. The zero-order valence-corrected chi connectivity index (χ0v) is 14.9. The maximum Gasteiger partial charge on any atom is 0.331 e. The van der Waals surface area contributed by atoms with Crippen LogP contribution in [0.3, 0.4) is 0 Å². The fourth-order valence-corrected chi connectivity index (χ4v) is 2.68. The first-order valence-electron chi connectivity index (χ1n) is 7.78. The molecule has 0 amide bonds. The van der Waals surface area contributed by atoms with Crippen LogP contribution in [0, 0.1) is 5.82 Å². The van der Waals surface area contributed by atoms with Crippen molar-refractivity contribution in [2.75, 3.05) is 20.5 Å². The number of benzene rings is 2. The number of methoxy groups -OCH3 is 1. The number of ketones is 1. The van der Waals surface area contributed by atoms with Crippen LogP contribution >= 0.6 is 11.6 Å². The minimum atomic E-state index is -0.743. The highest BCUT2D eigenvalue weighted by molar-refractivity contribution is 6.32. The van der Waals surface area contributed by atoms with Gasteiger partial charge in [-0.25, -0.2) is 9.18 Å². The van der Waals surface area contributed by atoms with Crippen LogP contribution in [0.2, 0.25) is 5.02 Å². The molecule has 2 aromatic carbocycles. The molecule has 0 N–H and O–H groups in total. The van der Waals surface area contributed by atoms with Gasteiger partial charge in [0.05, 0.1) is 17.7 Å². The zero-order valence-electron chi connectivity index (χ0n) is 14.2. The number of carbonyl (C=O) groups excluding carboxylic acids is 2. The largest absolute Gasteiger partial charge is 0.496 e. The van der Waals surface area contributed by atoms with E-state index in [2.05, 4.69) is 0 Å². The predicted octanol–water partition coefficient (Wildman–Crippen LogP) is 3.66. The molecule has 0 unspecified atom stereocenters. The third kappa shape index (κ3) is 4.38. The van der Waals surface area contributed by atoms with E-state index in [9.17, 15) is 14.0 Å². The van der Waals surface area contributed by atoms with Gasteiger partial charge in [-0.15, -0.1) is 0 Å². The number of Topliss-reactive ketones (excluding diaryl/α,β-unsaturated/α-hetero) is 1. The maximum atomic E-state index is 13.3. The molecule has 0 fully saturated rings. The van der Waals surface area contributed by atoms with Crippen molar-refractivity contribution in [1.29, 1.82) is 0 Å². The van der Waals surface area contributed by atoms with Crippen LogP contribution in [-0.4, -0.2) is 32.3 Å². The lowest BCUT2D eigenvalue weighted by atomic mass is 10.1. The van der Waals surface area contributed by atoms with Crippen molar-refractivity contribution >= 4 is 29.4 Å². The topological polar surface area (TPSA) is 71.1 Å². The summed E-state index contributed by atoms with van der Waals surface area (Å²) in [5, 5.41) is 0.353. The molecule has 8 heteroatoms. The van der Waals surface area contributed by atoms with Crippen LogP contribution in [-0.2, 0) is 9.53 Å². The van der Waals surface area contributed by atoms with E-state index >= 15 is 0 Å². The predicted molar refractivity (Wildman–Crippen MR) is 94.9 cm³/mol. The van der Waals surface area contributed by atoms with Gasteiger partial charge in [0.1, 0.15) is 11.6 Å². The SMILES string of the molecule is COc1ccc(F)cc1C(=O)COC(=O)/C=C/c1cc(Cl)c2c(c1)OCO2. The van der Waals surface area contributed by atoms with E-state index in [1.165, 1.54) is 25.3 Å². The van der Waals surface area contributed by atoms with Crippen molar-refractivity contribution in [3.05, 3.63) is 58.4 Å². The fraction of sp³-hybridized carbons (Fsp3) is 0.158. The molecule has 0 saturated carbocycles. The van der Waals surface area contributed by atoms with Crippen molar-refractivity contribution in [3.63, 3.8) is 0 Å². The number of carbonyl (C=O) groups is 2. The second-order valence-corrected chi connectivity index (χ2v) is 5.85. The molecule has 27 heavy (non-hydrogen) atoms. The molecule has 0 radical (unpaired) electrons. The molecule has 1 heterocycles. The second kappa shape index (κ2) is 8.09. The van der Waals surface area contributed by atoms with Crippen molar-refractivity contribution in [2.24, 2.45) is 0 Å². The lowest BCUT2D eigenvalue weighted by Gasteiger charge is -2.07. The minimum Gasteiger partial charge on any atom is -0.496 e. The van der Waals surface area contributed by atoms with Crippen LogP contribution in [0.5, 0.6) is 17.2 Å². The van der Waals surface area contributed by atoms with Gasteiger partial charge >= 0.3 is 5.97 Å². The Morgan fingerprint density at radius 2 is 2.07 bits per heavy atom. The Morgan fingerprint density at radius 1 is 1.26 bits per heavy atom. The molecule has 140 valence electrons. The molecule has 0 spiro atoms. The van der Waals surface area contributed by atoms with Crippen molar-refractivity contribution < 1.29 is 32.9 Å². The van der Waals surface area contributed by atoms with Crippen LogP contribution in [0.25, 0.3) is 6.08 Å². The number of halogens is 2. The number of esters is 1. The Balaban J connectivity index is 1.62. The van der Waals surface area contributed by atoms with Crippen LogP contribution in [0.1, 0.15) is 15.9 Å². The number of hydrogen-bond donors (Lipinski definition) is 0. The summed E-state index contributed by atoms with van der Waals surface area (Å²) in [6.45, 7) is -0.471. The molecular formula is C19H14ClFO6. The van der Waals surface area contributed by atoms with Gasteiger partial charge in [0.15, 0.2) is 18.1 Å². The zero-order chi connectivity index (χ0) is 19.4. The Bertz CT molecular complexity index is 925. The molecule has 1 aliphatic heterocycles. The molecule has 0 aliphatic carbocycles. The second-order valence-electron chi connectivity index (χ2n) is 5.45. The number of ether oxygens (including phenoxy) is 4. The summed E-state index contributed by atoms with van der Waals surface area (Å²) in [5.74, 6) is -0.797. The summed E-state index contributed by atoms with van der Waals surface area (Å²) in [6, 6.07) is 6.77. The van der Waals surface area contributed by atoms with Gasteiger partial charge in [-0.3, -0.25) is 4.79 Å². The summed E-state index contributed by atoms with van der Waals surface area (Å²) < 4.78 is 33.7. The molecule has 0 bridgehead atoms. The quantitative estimate of drug-likeness (QED) is 0.424. The smallest absolute Gasteiger partial charge is 0.331 e. The highest BCUT2D eigenvalue weighted by Crippen LogP contribution is 2.40. The Kier molecular flexibility index (Phi) is 5.61. The van der Waals surface area contributed by atoms with Gasteiger partial charge in [0.25, 0.3) is 0 Å². The third-order valence-corrected chi connectivity index (χ3v) is 3.95. The van der Waals surface area contributed by atoms with Crippen molar-refractivity contribution in [1.82, 2.24) is 0 Å². The normalized spacial score (nSPS) is 12.3. The van der Waals surface area contributed by atoms with E-state index in [1.54, 1.807) is 12.1 Å². The molecular weight excluding hydrogens is 379 g/mol. The molecule has 0 saturated heterocycles. The summed E-state index contributed by atoms with van der Waals surface area (Å²) in [6.07, 6.45) is 2.60. The van der Waals surface area contributed by atoms with Gasteiger partial charge in [-0.2, -0.15) is 0 Å². The van der Waals surface area contributed by atoms with Crippen LogP contribution in [0.4, 0.5) is 4.39 Å². The van der Waals surface area contributed by atoms with E-state index in [4.69, 9.17) is 30.5 Å². The average molecular weight is 393 g/mol. The van der Waals surface area contributed by atoms with Gasteiger partial charge in [-0.05, 0) is 42.0 Å². The summed E-state index contributed by atoms with van der Waals surface area (Å²) in [7, 11) is 1.36. The Hall–Kier alpha value is -3.06. The average Bonchev–Trinajstić information content (AvgIpc) is 3.13. The molecule has 1 aliphatic rings. The van der Waals surface area contributed by atoms with E-state index in [1.807, 2.05) is 0 Å². The summed E-state index contributed by atoms with van der Waals surface area (Å²) in [5.41, 5.74) is 0.594. The van der Waals surface area contributed by atoms with E-state index in [-0.39, 0.29) is 18.1 Å². The van der Waals surface area contributed by atoms with Gasteiger partial charge in [-0.1, -0.05) is 11.6 Å². The van der Waals surface area contributed by atoms with Gasteiger partial charge in [0.2, 0.25) is 12.6 Å². The van der Waals surface area contributed by atoms with Gasteiger partial charge < -0.3 is 18.9 Å². The number of fused-ring (bicyclic) bond motifs is 1. The summed E-state index contributed by atoms with van der Waals surface area (Å²) in [4.78, 5) is 24.0. The number of rotatable bonds is 6. The highest BCUT2D eigenvalue weighted by Gasteiger charge is 2.18. The Labute approximate surface area is 159 Å². The van der Waals surface area contributed by atoms with E-state index in [0.717, 1.165) is 12.1 Å². The maximum absolute atomic E-state index is 13.3. The lowest BCUT2D eigenvalue weighted by Crippen LogP contribution is -2.13. The third-order valence-electron chi connectivity index (χ3n) is 3.67. The van der Waals surface area contributed by atoms with E-state index in [0.29, 0.717) is 22.1 Å². The fourth-order valence-electron chi connectivity index (χ4n) is 2.41. The van der Waals surface area contributed by atoms with Crippen LogP contribution < -0.4 is 14.2 Å². The first-order valence-corrected chi connectivity index (χ1v) is 8.16. The number of hydrogen-bond acceptors (Lipinski definition) is 6. The first-order chi connectivity index (χ1) is 13.0. The molecule has 2 aromatic rings. The standard InChI is InChI=1S/C19H14ClFO6/c1-24-16-4-3-12(21)8-13(16)15(22)9-25-18(23)5-2-11-6-14(20)19-17(7-11)26-10-27-19/h2-8H,9-10H2,1H3/b5-2+. The van der Waals surface area contributed by atoms with E-state index < -0.39 is 24.2 Å². The first kappa shape index (κ1) is 18.7. The highest BCUT2D eigenvalue weighted by atomic mass is 35.5. The molecule has 6 nitrogen and oxygen atoms in total. The monoisotopic (exact) mass is 392 g/mol. The van der Waals surface area contributed by atoms with Crippen molar-refractivity contribution in [2.45, 2.75) is 0 Å². The van der Waals surface area contributed by atoms with Crippen LogP contribution in [0.15, 0.2) is 36.4 Å². The lowest BCUT2D eigenvalue weighted by molar-refractivity contribution is -0.136. The molecule has 0 aromatic heterocycles. The molecule has 3 rings (SSSR count). The van der Waals surface area contributed by atoms with Gasteiger partial charge in [0, 0.05) is 6.08 Å². The molecule has 0 atom stereocenters. The Morgan fingerprint density at radius 3 is 2.85 bits per heavy atom. The van der Waals surface area contributed by atoms with Crippen molar-refractivity contribution in [3.8, 4) is 17.2 Å². The minimum absolute atomic E-state index is 0.00293.